The SMILES string of the molecule is COc1ccc(OC)c(C(C)CO)c1Cl. The van der Waals surface area contributed by atoms with E-state index in [0.717, 1.165) is 5.56 Å². The van der Waals surface area contributed by atoms with E-state index in [2.05, 4.69) is 0 Å². The van der Waals surface area contributed by atoms with Crippen LogP contribution in [-0.4, -0.2) is 25.9 Å². The Kier molecular flexibility index (Phi) is 4.24. The number of hydrogen-bond donors (Lipinski definition) is 1. The summed E-state index contributed by atoms with van der Waals surface area (Å²) in [7, 11) is 3.13. The molecule has 15 heavy (non-hydrogen) atoms. The summed E-state index contributed by atoms with van der Waals surface area (Å²) in [5, 5.41) is 9.64. The number of rotatable bonds is 4. The summed E-state index contributed by atoms with van der Waals surface area (Å²) in [5.41, 5.74) is 0.779. The zero-order valence-corrected chi connectivity index (χ0v) is 9.84. The molecule has 0 heterocycles. The normalized spacial score (nSPS) is 12.3. The molecule has 0 saturated carbocycles. The van der Waals surface area contributed by atoms with Gasteiger partial charge in [0.25, 0.3) is 0 Å². The number of ether oxygens (including phenoxy) is 2. The Hall–Kier alpha value is -0.930. The van der Waals surface area contributed by atoms with Crippen molar-refractivity contribution in [2.24, 2.45) is 0 Å². The lowest BCUT2D eigenvalue weighted by Crippen LogP contribution is -2.03. The van der Waals surface area contributed by atoms with Crippen LogP contribution in [0, 0.1) is 0 Å². The maximum absolute atomic E-state index is 9.14. The van der Waals surface area contributed by atoms with E-state index in [0.29, 0.717) is 16.5 Å². The maximum Gasteiger partial charge on any atom is 0.138 e. The zero-order chi connectivity index (χ0) is 11.4. The van der Waals surface area contributed by atoms with E-state index in [-0.39, 0.29) is 12.5 Å². The van der Waals surface area contributed by atoms with Crippen molar-refractivity contribution in [2.75, 3.05) is 20.8 Å². The molecule has 0 radical (unpaired) electrons. The van der Waals surface area contributed by atoms with Crippen LogP contribution in [0.25, 0.3) is 0 Å². The number of aliphatic hydroxyl groups is 1. The fraction of sp³-hybridized carbons (Fsp3) is 0.455. The average molecular weight is 231 g/mol. The van der Waals surface area contributed by atoms with Gasteiger partial charge in [-0.2, -0.15) is 0 Å². The van der Waals surface area contributed by atoms with E-state index in [9.17, 15) is 0 Å². The van der Waals surface area contributed by atoms with Crippen LogP contribution in [0.2, 0.25) is 5.02 Å². The van der Waals surface area contributed by atoms with Gasteiger partial charge in [-0.3, -0.25) is 0 Å². The highest BCUT2D eigenvalue weighted by Gasteiger charge is 2.18. The molecule has 1 unspecified atom stereocenters. The van der Waals surface area contributed by atoms with E-state index < -0.39 is 0 Å². The standard InChI is InChI=1S/C11H15ClO3/c1-7(6-13)10-8(14-2)4-5-9(15-3)11(10)12/h4-5,7,13H,6H2,1-3H3. The molecule has 0 saturated heterocycles. The maximum atomic E-state index is 9.14. The Morgan fingerprint density at radius 1 is 1.27 bits per heavy atom. The molecule has 0 aliphatic carbocycles. The molecule has 0 amide bonds. The largest absolute Gasteiger partial charge is 0.496 e. The van der Waals surface area contributed by atoms with Gasteiger partial charge in [0.05, 0.1) is 19.2 Å². The molecule has 1 N–H and O–H groups in total. The topological polar surface area (TPSA) is 38.7 Å². The number of aliphatic hydroxyl groups excluding tert-OH is 1. The second-order valence-corrected chi connectivity index (χ2v) is 3.66. The van der Waals surface area contributed by atoms with Gasteiger partial charge in [0.1, 0.15) is 11.5 Å². The lowest BCUT2D eigenvalue weighted by molar-refractivity contribution is 0.269. The summed E-state index contributed by atoms with van der Waals surface area (Å²) in [6.07, 6.45) is 0. The lowest BCUT2D eigenvalue weighted by Gasteiger charge is -2.17. The van der Waals surface area contributed by atoms with Crippen molar-refractivity contribution in [3.8, 4) is 11.5 Å². The molecule has 1 rings (SSSR count). The second kappa shape index (κ2) is 5.24. The highest BCUT2D eigenvalue weighted by molar-refractivity contribution is 6.33. The van der Waals surface area contributed by atoms with Crippen molar-refractivity contribution in [1.82, 2.24) is 0 Å². The fourth-order valence-electron chi connectivity index (χ4n) is 1.44. The van der Waals surface area contributed by atoms with Crippen LogP contribution in [0.1, 0.15) is 18.4 Å². The van der Waals surface area contributed by atoms with Gasteiger partial charge in [0, 0.05) is 18.1 Å². The highest BCUT2D eigenvalue weighted by Crippen LogP contribution is 2.39. The Balaban J connectivity index is 3.29. The van der Waals surface area contributed by atoms with Crippen molar-refractivity contribution >= 4 is 11.6 Å². The van der Waals surface area contributed by atoms with Crippen LogP contribution in [0.4, 0.5) is 0 Å². The van der Waals surface area contributed by atoms with Gasteiger partial charge >= 0.3 is 0 Å². The van der Waals surface area contributed by atoms with Crippen LogP contribution in [0.5, 0.6) is 11.5 Å². The molecule has 84 valence electrons. The van der Waals surface area contributed by atoms with Crippen molar-refractivity contribution in [2.45, 2.75) is 12.8 Å². The minimum atomic E-state index is -0.0810. The van der Waals surface area contributed by atoms with Crippen molar-refractivity contribution in [3.63, 3.8) is 0 Å². The molecule has 0 fully saturated rings. The first-order valence-electron chi connectivity index (χ1n) is 4.66. The first-order chi connectivity index (χ1) is 7.15. The smallest absolute Gasteiger partial charge is 0.138 e. The van der Waals surface area contributed by atoms with E-state index in [1.807, 2.05) is 6.92 Å². The summed E-state index contributed by atoms with van der Waals surface area (Å²) in [6, 6.07) is 3.53. The number of halogens is 1. The second-order valence-electron chi connectivity index (χ2n) is 3.28. The monoisotopic (exact) mass is 230 g/mol. The van der Waals surface area contributed by atoms with E-state index in [1.54, 1.807) is 26.4 Å². The third-order valence-corrected chi connectivity index (χ3v) is 2.70. The Morgan fingerprint density at radius 2 is 1.80 bits per heavy atom. The summed E-state index contributed by atoms with van der Waals surface area (Å²) >= 11 is 6.15. The minimum absolute atomic E-state index is 0.0171. The first-order valence-corrected chi connectivity index (χ1v) is 5.04. The average Bonchev–Trinajstić information content (AvgIpc) is 2.27. The first kappa shape index (κ1) is 12.1. The van der Waals surface area contributed by atoms with Crippen molar-refractivity contribution in [3.05, 3.63) is 22.7 Å². The summed E-state index contributed by atoms with van der Waals surface area (Å²) in [6.45, 7) is 1.90. The highest BCUT2D eigenvalue weighted by atomic mass is 35.5. The van der Waals surface area contributed by atoms with E-state index >= 15 is 0 Å². The molecular weight excluding hydrogens is 216 g/mol. The molecule has 0 aromatic heterocycles. The Bertz CT molecular complexity index is 339. The lowest BCUT2D eigenvalue weighted by atomic mass is 10.0. The molecular formula is C11H15ClO3. The molecule has 1 aromatic rings. The van der Waals surface area contributed by atoms with Crippen LogP contribution in [-0.2, 0) is 0 Å². The van der Waals surface area contributed by atoms with Gasteiger partial charge in [-0.15, -0.1) is 0 Å². The van der Waals surface area contributed by atoms with Gasteiger partial charge < -0.3 is 14.6 Å². The molecule has 1 atom stereocenters. The van der Waals surface area contributed by atoms with Gasteiger partial charge in [-0.05, 0) is 12.1 Å². The molecule has 3 nitrogen and oxygen atoms in total. The Morgan fingerprint density at radius 3 is 2.27 bits per heavy atom. The minimum Gasteiger partial charge on any atom is -0.496 e. The fourth-order valence-corrected chi connectivity index (χ4v) is 1.86. The van der Waals surface area contributed by atoms with Crippen molar-refractivity contribution < 1.29 is 14.6 Å². The third kappa shape index (κ3) is 2.36. The van der Waals surface area contributed by atoms with Gasteiger partial charge in [-0.1, -0.05) is 18.5 Å². The Labute approximate surface area is 94.6 Å². The molecule has 0 aliphatic rings. The summed E-state index contributed by atoms with van der Waals surface area (Å²) in [5.74, 6) is 1.18. The quantitative estimate of drug-likeness (QED) is 0.864. The van der Waals surface area contributed by atoms with Crippen LogP contribution in [0.15, 0.2) is 12.1 Å². The van der Waals surface area contributed by atoms with Crippen LogP contribution >= 0.6 is 11.6 Å². The third-order valence-electron chi connectivity index (χ3n) is 2.31. The van der Waals surface area contributed by atoms with Gasteiger partial charge in [-0.25, -0.2) is 0 Å². The predicted octanol–water partition coefficient (Wildman–Crippen LogP) is 2.45. The van der Waals surface area contributed by atoms with Gasteiger partial charge in [0.15, 0.2) is 0 Å². The van der Waals surface area contributed by atoms with E-state index in [4.69, 9.17) is 26.2 Å². The zero-order valence-electron chi connectivity index (χ0n) is 9.08. The van der Waals surface area contributed by atoms with Crippen LogP contribution < -0.4 is 9.47 Å². The molecule has 0 aliphatic heterocycles. The van der Waals surface area contributed by atoms with Gasteiger partial charge in [0.2, 0.25) is 0 Å². The molecule has 0 spiro atoms. The molecule has 0 bridgehead atoms. The summed E-state index contributed by atoms with van der Waals surface area (Å²) in [4.78, 5) is 0. The van der Waals surface area contributed by atoms with E-state index in [1.165, 1.54) is 0 Å². The predicted molar refractivity (Wildman–Crippen MR) is 60.1 cm³/mol. The van der Waals surface area contributed by atoms with Crippen molar-refractivity contribution in [1.29, 1.82) is 0 Å². The molecule has 4 heteroatoms. The molecule has 1 aromatic carbocycles. The van der Waals surface area contributed by atoms with Crippen LogP contribution in [0.3, 0.4) is 0 Å². The number of hydrogen-bond acceptors (Lipinski definition) is 3. The number of benzene rings is 1. The summed E-state index contributed by atoms with van der Waals surface area (Å²) < 4.78 is 10.3. The number of methoxy groups -OCH3 is 2.